The summed E-state index contributed by atoms with van der Waals surface area (Å²) in [5.74, 6) is 0.876. The number of rotatable bonds is 5. The lowest BCUT2D eigenvalue weighted by Crippen LogP contribution is -2.07. The Morgan fingerprint density at radius 3 is 2.68 bits per heavy atom. The SMILES string of the molecule is CCc1nn(CC)c(COc2ccccc2I)c1Cl. The number of hydrogen-bond donors (Lipinski definition) is 0. The minimum Gasteiger partial charge on any atom is -0.486 e. The Hall–Kier alpha value is -0.750. The molecule has 5 heteroatoms. The van der Waals surface area contributed by atoms with E-state index in [2.05, 4.69) is 41.5 Å². The normalized spacial score (nSPS) is 10.7. The van der Waals surface area contributed by atoms with E-state index in [1.54, 1.807) is 0 Å². The molecule has 102 valence electrons. The van der Waals surface area contributed by atoms with Crippen molar-refractivity contribution in [1.29, 1.82) is 0 Å². The predicted molar refractivity (Wildman–Crippen MR) is 85.8 cm³/mol. The van der Waals surface area contributed by atoms with Gasteiger partial charge in [0.2, 0.25) is 0 Å². The van der Waals surface area contributed by atoms with Crippen molar-refractivity contribution in [2.45, 2.75) is 33.4 Å². The van der Waals surface area contributed by atoms with Crippen LogP contribution in [-0.2, 0) is 19.6 Å². The fraction of sp³-hybridized carbons (Fsp3) is 0.357. The zero-order valence-electron chi connectivity index (χ0n) is 11.0. The van der Waals surface area contributed by atoms with Gasteiger partial charge in [-0.05, 0) is 48.1 Å². The Bertz CT molecular complexity index is 569. The van der Waals surface area contributed by atoms with E-state index in [-0.39, 0.29) is 0 Å². The summed E-state index contributed by atoms with van der Waals surface area (Å²) in [6.45, 7) is 5.35. The van der Waals surface area contributed by atoms with Gasteiger partial charge in [0, 0.05) is 6.54 Å². The molecule has 0 aliphatic rings. The van der Waals surface area contributed by atoms with Crippen molar-refractivity contribution in [3.05, 3.63) is 44.2 Å². The van der Waals surface area contributed by atoms with Crippen LogP contribution in [0, 0.1) is 3.57 Å². The van der Waals surface area contributed by atoms with Gasteiger partial charge < -0.3 is 4.74 Å². The maximum Gasteiger partial charge on any atom is 0.133 e. The van der Waals surface area contributed by atoms with Crippen LogP contribution < -0.4 is 4.74 Å². The molecule has 0 unspecified atom stereocenters. The van der Waals surface area contributed by atoms with Crippen LogP contribution in [0.25, 0.3) is 0 Å². The summed E-state index contributed by atoms with van der Waals surface area (Å²) < 4.78 is 8.86. The number of hydrogen-bond acceptors (Lipinski definition) is 2. The lowest BCUT2D eigenvalue weighted by molar-refractivity contribution is 0.290. The molecule has 0 amide bonds. The number of benzene rings is 1. The van der Waals surface area contributed by atoms with Gasteiger partial charge in [-0.15, -0.1) is 0 Å². The predicted octanol–water partition coefficient (Wildman–Crippen LogP) is 4.30. The molecule has 0 atom stereocenters. The molecule has 0 bridgehead atoms. The second-order valence-corrected chi connectivity index (χ2v) is 5.64. The van der Waals surface area contributed by atoms with Crippen LogP contribution in [0.4, 0.5) is 0 Å². The molecular weight excluding hydrogens is 375 g/mol. The first kappa shape index (κ1) is 14.7. The highest BCUT2D eigenvalue weighted by atomic mass is 127. The molecule has 2 rings (SSSR count). The van der Waals surface area contributed by atoms with Crippen molar-refractivity contribution in [3.63, 3.8) is 0 Å². The fourth-order valence-corrected chi connectivity index (χ4v) is 2.73. The molecule has 0 saturated heterocycles. The monoisotopic (exact) mass is 390 g/mol. The molecule has 0 fully saturated rings. The Labute approximate surface area is 132 Å². The van der Waals surface area contributed by atoms with Crippen molar-refractivity contribution >= 4 is 34.2 Å². The Morgan fingerprint density at radius 1 is 1.32 bits per heavy atom. The van der Waals surface area contributed by atoms with Gasteiger partial charge in [-0.25, -0.2) is 0 Å². The maximum absolute atomic E-state index is 6.35. The molecule has 0 saturated carbocycles. The van der Waals surface area contributed by atoms with Crippen molar-refractivity contribution < 1.29 is 4.74 Å². The van der Waals surface area contributed by atoms with E-state index in [4.69, 9.17) is 16.3 Å². The maximum atomic E-state index is 6.35. The van der Waals surface area contributed by atoms with Crippen molar-refractivity contribution in [2.24, 2.45) is 0 Å². The number of aryl methyl sites for hydroxylation is 2. The van der Waals surface area contributed by atoms with Crippen LogP contribution in [0.3, 0.4) is 0 Å². The second kappa shape index (κ2) is 6.61. The molecule has 0 radical (unpaired) electrons. The lowest BCUT2D eigenvalue weighted by Gasteiger charge is -2.09. The first-order valence-electron chi connectivity index (χ1n) is 6.28. The highest BCUT2D eigenvalue weighted by Gasteiger charge is 2.15. The highest BCUT2D eigenvalue weighted by Crippen LogP contribution is 2.25. The molecule has 19 heavy (non-hydrogen) atoms. The molecule has 0 N–H and O–H groups in total. The van der Waals surface area contributed by atoms with Gasteiger partial charge in [-0.1, -0.05) is 30.7 Å². The van der Waals surface area contributed by atoms with Gasteiger partial charge in [0.05, 0.1) is 20.0 Å². The summed E-state index contributed by atoms with van der Waals surface area (Å²) in [5, 5.41) is 5.22. The van der Waals surface area contributed by atoms with E-state index in [1.807, 2.05) is 28.9 Å². The van der Waals surface area contributed by atoms with Gasteiger partial charge in [-0.3, -0.25) is 4.68 Å². The zero-order chi connectivity index (χ0) is 13.8. The molecule has 2 aromatic rings. The third-order valence-electron chi connectivity index (χ3n) is 2.90. The van der Waals surface area contributed by atoms with Crippen molar-refractivity contribution in [1.82, 2.24) is 9.78 Å². The van der Waals surface area contributed by atoms with Crippen molar-refractivity contribution in [2.75, 3.05) is 0 Å². The molecular formula is C14H16ClIN2O. The van der Waals surface area contributed by atoms with Gasteiger partial charge in [-0.2, -0.15) is 5.10 Å². The number of para-hydroxylation sites is 1. The molecule has 0 spiro atoms. The zero-order valence-corrected chi connectivity index (χ0v) is 13.9. The van der Waals surface area contributed by atoms with E-state index in [1.165, 1.54) is 0 Å². The van der Waals surface area contributed by atoms with Crippen LogP contribution >= 0.6 is 34.2 Å². The minimum absolute atomic E-state index is 0.444. The number of nitrogens with zero attached hydrogens (tertiary/aromatic N) is 2. The topological polar surface area (TPSA) is 27.1 Å². The van der Waals surface area contributed by atoms with E-state index in [0.717, 1.165) is 38.7 Å². The molecule has 3 nitrogen and oxygen atoms in total. The van der Waals surface area contributed by atoms with Crippen LogP contribution in [0.1, 0.15) is 25.2 Å². The van der Waals surface area contributed by atoms with Crippen LogP contribution in [-0.4, -0.2) is 9.78 Å². The van der Waals surface area contributed by atoms with Gasteiger partial charge in [0.1, 0.15) is 12.4 Å². The van der Waals surface area contributed by atoms with Crippen LogP contribution in [0.2, 0.25) is 5.02 Å². The van der Waals surface area contributed by atoms with Gasteiger partial charge in [0.25, 0.3) is 0 Å². The Balaban J connectivity index is 2.20. The van der Waals surface area contributed by atoms with Crippen LogP contribution in [0.5, 0.6) is 5.75 Å². The third-order valence-corrected chi connectivity index (χ3v) is 4.22. The summed E-state index contributed by atoms with van der Waals surface area (Å²) in [6.07, 6.45) is 0.835. The first-order chi connectivity index (χ1) is 9.17. The van der Waals surface area contributed by atoms with E-state index < -0.39 is 0 Å². The van der Waals surface area contributed by atoms with Crippen molar-refractivity contribution in [3.8, 4) is 5.75 Å². The minimum atomic E-state index is 0.444. The number of aromatic nitrogens is 2. The molecule has 1 heterocycles. The Morgan fingerprint density at radius 2 is 2.05 bits per heavy atom. The average Bonchev–Trinajstić information content (AvgIpc) is 2.74. The summed E-state index contributed by atoms with van der Waals surface area (Å²) in [4.78, 5) is 0. The van der Waals surface area contributed by atoms with Gasteiger partial charge >= 0.3 is 0 Å². The smallest absolute Gasteiger partial charge is 0.133 e. The van der Waals surface area contributed by atoms with E-state index in [9.17, 15) is 0 Å². The second-order valence-electron chi connectivity index (χ2n) is 4.10. The first-order valence-corrected chi connectivity index (χ1v) is 7.74. The lowest BCUT2D eigenvalue weighted by atomic mass is 10.3. The number of halogens is 2. The Kier molecular flexibility index (Phi) is 5.10. The molecule has 1 aromatic heterocycles. The molecule has 0 aliphatic heterocycles. The largest absolute Gasteiger partial charge is 0.486 e. The van der Waals surface area contributed by atoms with Gasteiger partial charge in [0.15, 0.2) is 0 Å². The fourth-order valence-electron chi connectivity index (χ4n) is 1.86. The van der Waals surface area contributed by atoms with E-state index in [0.29, 0.717) is 6.61 Å². The molecule has 0 aliphatic carbocycles. The third kappa shape index (κ3) is 3.23. The summed E-state index contributed by atoms with van der Waals surface area (Å²) >= 11 is 8.61. The summed E-state index contributed by atoms with van der Waals surface area (Å²) in [6, 6.07) is 7.94. The summed E-state index contributed by atoms with van der Waals surface area (Å²) in [5.41, 5.74) is 1.88. The average molecular weight is 391 g/mol. The summed E-state index contributed by atoms with van der Waals surface area (Å²) in [7, 11) is 0. The quantitative estimate of drug-likeness (QED) is 0.712. The number of ether oxygens (including phenoxy) is 1. The molecule has 1 aromatic carbocycles. The highest BCUT2D eigenvalue weighted by molar-refractivity contribution is 14.1. The van der Waals surface area contributed by atoms with Crippen LogP contribution in [0.15, 0.2) is 24.3 Å². The van der Waals surface area contributed by atoms with E-state index >= 15 is 0 Å². The standard InChI is InChI=1S/C14H16ClIN2O/c1-3-11-14(15)12(18(4-2)17-11)9-19-13-8-6-5-7-10(13)16/h5-8H,3-4,9H2,1-2H3.